The van der Waals surface area contributed by atoms with Crippen molar-refractivity contribution in [1.29, 1.82) is 0 Å². The van der Waals surface area contributed by atoms with Crippen molar-refractivity contribution in [3.8, 4) is 11.5 Å². The molecule has 3 rings (SSSR count). The minimum atomic E-state index is -0.540. The molecule has 33 heavy (non-hydrogen) atoms. The zero-order chi connectivity index (χ0) is 23.8. The second kappa shape index (κ2) is 10.8. The van der Waals surface area contributed by atoms with Crippen molar-refractivity contribution in [2.45, 2.75) is 26.2 Å². The first-order chi connectivity index (χ1) is 15.7. The van der Waals surface area contributed by atoms with E-state index in [0.717, 1.165) is 0 Å². The lowest BCUT2D eigenvalue weighted by Gasteiger charge is -2.19. The van der Waals surface area contributed by atoms with Gasteiger partial charge < -0.3 is 9.47 Å². The van der Waals surface area contributed by atoms with E-state index in [9.17, 15) is 9.59 Å². The Hall–Kier alpha value is -3.64. The molecule has 0 heterocycles. The van der Waals surface area contributed by atoms with Crippen LogP contribution < -0.4 is 14.9 Å². The van der Waals surface area contributed by atoms with Crippen LogP contribution in [0.25, 0.3) is 0 Å². The number of hydrogen-bond acceptors (Lipinski definition) is 5. The molecule has 0 bridgehead atoms. The van der Waals surface area contributed by atoms with Crippen LogP contribution in [0.3, 0.4) is 0 Å². The first kappa shape index (κ1) is 24.0. The summed E-state index contributed by atoms with van der Waals surface area (Å²) in [4.78, 5) is 24.2. The molecule has 0 aromatic heterocycles. The van der Waals surface area contributed by atoms with Crippen LogP contribution in [0.1, 0.15) is 42.3 Å². The smallest absolute Gasteiger partial charge is 0.345 e. The third-order valence-electron chi connectivity index (χ3n) is 4.68. The maximum Gasteiger partial charge on any atom is 0.345 e. The Morgan fingerprint density at radius 3 is 2.21 bits per heavy atom. The summed E-state index contributed by atoms with van der Waals surface area (Å²) >= 11 is 6.01. The molecule has 0 fully saturated rings. The van der Waals surface area contributed by atoms with Crippen LogP contribution in [0.2, 0.25) is 5.02 Å². The fourth-order valence-electron chi connectivity index (χ4n) is 2.82. The van der Waals surface area contributed by atoms with Gasteiger partial charge >= 0.3 is 5.97 Å². The van der Waals surface area contributed by atoms with Gasteiger partial charge in [0.15, 0.2) is 6.61 Å². The van der Waals surface area contributed by atoms with Gasteiger partial charge in [-0.05, 0) is 65.1 Å². The van der Waals surface area contributed by atoms with Crippen molar-refractivity contribution in [1.82, 2.24) is 5.43 Å². The first-order valence-electron chi connectivity index (χ1n) is 10.3. The standard InChI is InChI=1S/C26H25ClN2O4/c1-26(2,3)19-10-14-20(15-11-19)32-17-24(30)29-28-16-18-8-12-21(13-9-18)33-25(31)22-6-4-5-7-23(22)27/h4-16H,17H2,1-3H3,(H,29,30)/b28-16+. The van der Waals surface area contributed by atoms with Crippen LogP contribution in [0.4, 0.5) is 0 Å². The van der Waals surface area contributed by atoms with Crippen LogP contribution >= 0.6 is 11.6 Å². The van der Waals surface area contributed by atoms with Gasteiger partial charge in [-0.3, -0.25) is 4.79 Å². The normalized spacial score (nSPS) is 11.3. The molecule has 3 aromatic carbocycles. The predicted octanol–water partition coefficient (Wildman–Crippen LogP) is 5.39. The molecule has 3 aromatic rings. The number of hydrazone groups is 1. The summed E-state index contributed by atoms with van der Waals surface area (Å²) in [5, 5.41) is 4.25. The molecule has 0 aliphatic rings. The highest BCUT2D eigenvalue weighted by Crippen LogP contribution is 2.24. The zero-order valence-electron chi connectivity index (χ0n) is 18.7. The Morgan fingerprint density at radius 1 is 0.939 bits per heavy atom. The Bertz CT molecular complexity index is 1130. The quantitative estimate of drug-likeness (QED) is 0.220. The molecular weight excluding hydrogens is 440 g/mol. The SMILES string of the molecule is CC(C)(C)c1ccc(OCC(=O)N/N=C/c2ccc(OC(=O)c3ccccc3Cl)cc2)cc1. The monoisotopic (exact) mass is 464 g/mol. The number of nitrogens with one attached hydrogen (secondary N) is 1. The van der Waals surface area contributed by atoms with E-state index in [0.29, 0.717) is 27.6 Å². The van der Waals surface area contributed by atoms with Gasteiger partial charge in [0.05, 0.1) is 16.8 Å². The van der Waals surface area contributed by atoms with Crippen molar-refractivity contribution in [2.75, 3.05) is 6.61 Å². The Labute approximate surface area is 198 Å². The first-order valence-corrected chi connectivity index (χ1v) is 10.7. The van der Waals surface area contributed by atoms with E-state index in [1.54, 1.807) is 48.5 Å². The summed E-state index contributed by atoms with van der Waals surface area (Å²) in [6.45, 7) is 6.25. The van der Waals surface area contributed by atoms with E-state index in [1.165, 1.54) is 11.8 Å². The van der Waals surface area contributed by atoms with Gasteiger partial charge in [-0.15, -0.1) is 0 Å². The maximum atomic E-state index is 12.2. The van der Waals surface area contributed by atoms with Gasteiger partial charge in [-0.2, -0.15) is 5.10 Å². The van der Waals surface area contributed by atoms with E-state index in [2.05, 4.69) is 31.3 Å². The summed E-state index contributed by atoms with van der Waals surface area (Å²) in [6.07, 6.45) is 1.48. The van der Waals surface area contributed by atoms with E-state index in [1.807, 2.05) is 24.3 Å². The zero-order valence-corrected chi connectivity index (χ0v) is 19.4. The van der Waals surface area contributed by atoms with Crippen LogP contribution in [-0.4, -0.2) is 24.7 Å². The third kappa shape index (κ3) is 7.19. The number of esters is 1. The fraction of sp³-hybridized carbons (Fsp3) is 0.192. The minimum absolute atomic E-state index is 0.0556. The van der Waals surface area contributed by atoms with E-state index in [-0.39, 0.29) is 17.9 Å². The highest BCUT2D eigenvalue weighted by Gasteiger charge is 2.13. The van der Waals surface area contributed by atoms with Crippen LogP contribution in [-0.2, 0) is 10.2 Å². The molecule has 6 nitrogen and oxygen atoms in total. The van der Waals surface area contributed by atoms with Crippen molar-refractivity contribution >= 4 is 29.7 Å². The highest BCUT2D eigenvalue weighted by molar-refractivity contribution is 6.33. The Kier molecular flexibility index (Phi) is 7.85. The largest absolute Gasteiger partial charge is 0.484 e. The maximum absolute atomic E-state index is 12.2. The summed E-state index contributed by atoms with van der Waals surface area (Å²) < 4.78 is 10.8. The third-order valence-corrected chi connectivity index (χ3v) is 5.01. The predicted molar refractivity (Wildman–Crippen MR) is 129 cm³/mol. The number of rotatable bonds is 7. The van der Waals surface area contributed by atoms with Gasteiger partial charge in [0.1, 0.15) is 11.5 Å². The number of hydrogen-bond donors (Lipinski definition) is 1. The Balaban J connectivity index is 1.45. The van der Waals surface area contributed by atoms with Crippen LogP contribution in [0.15, 0.2) is 77.9 Å². The highest BCUT2D eigenvalue weighted by atomic mass is 35.5. The fourth-order valence-corrected chi connectivity index (χ4v) is 3.03. The summed E-state index contributed by atoms with van der Waals surface area (Å²) in [5.74, 6) is 0.0646. The minimum Gasteiger partial charge on any atom is -0.484 e. The summed E-state index contributed by atoms with van der Waals surface area (Å²) in [6, 6.07) is 21.0. The molecule has 0 saturated carbocycles. The number of benzene rings is 3. The lowest BCUT2D eigenvalue weighted by Crippen LogP contribution is -2.24. The molecular formula is C26H25ClN2O4. The number of halogens is 1. The van der Waals surface area contributed by atoms with Crippen molar-refractivity contribution in [3.05, 3.63) is 94.5 Å². The van der Waals surface area contributed by atoms with Gasteiger partial charge in [-0.1, -0.05) is 56.6 Å². The molecule has 0 saturated heterocycles. The molecule has 0 spiro atoms. The van der Waals surface area contributed by atoms with Gasteiger partial charge in [-0.25, -0.2) is 10.2 Å². The molecule has 0 radical (unpaired) electrons. The summed E-state index contributed by atoms with van der Waals surface area (Å²) in [7, 11) is 0. The lowest BCUT2D eigenvalue weighted by atomic mass is 9.87. The molecule has 0 aliphatic carbocycles. The van der Waals surface area contributed by atoms with Crippen LogP contribution in [0.5, 0.6) is 11.5 Å². The average Bonchev–Trinajstić information content (AvgIpc) is 2.79. The number of nitrogens with zero attached hydrogens (tertiary/aromatic N) is 1. The molecule has 0 atom stereocenters. The van der Waals surface area contributed by atoms with Gasteiger partial charge in [0.25, 0.3) is 5.91 Å². The molecule has 0 aliphatic heterocycles. The number of amides is 1. The molecule has 1 N–H and O–H groups in total. The molecule has 7 heteroatoms. The number of carbonyl (C=O) groups is 2. The van der Waals surface area contributed by atoms with Crippen LogP contribution in [0, 0.1) is 0 Å². The van der Waals surface area contributed by atoms with Gasteiger partial charge in [0, 0.05) is 0 Å². The van der Waals surface area contributed by atoms with Crippen molar-refractivity contribution in [2.24, 2.45) is 5.10 Å². The summed E-state index contributed by atoms with van der Waals surface area (Å²) in [5.41, 5.74) is 4.67. The molecule has 170 valence electrons. The Morgan fingerprint density at radius 2 is 1.58 bits per heavy atom. The van der Waals surface area contributed by atoms with E-state index < -0.39 is 5.97 Å². The number of carbonyl (C=O) groups excluding carboxylic acids is 2. The molecule has 0 unspecified atom stereocenters. The average molecular weight is 465 g/mol. The topological polar surface area (TPSA) is 77.0 Å². The van der Waals surface area contributed by atoms with Crippen molar-refractivity contribution in [3.63, 3.8) is 0 Å². The lowest BCUT2D eigenvalue weighted by molar-refractivity contribution is -0.123. The van der Waals surface area contributed by atoms with Crippen molar-refractivity contribution < 1.29 is 19.1 Å². The van der Waals surface area contributed by atoms with E-state index >= 15 is 0 Å². The molecule has 1 amide bonds. The number of ether oxygens (including phenoxy) is 2. The van der Waals surface area contributed by atoms with E-state index in [4.69, 9.17) is 21.1 Å². The second-order valence-corrected chi connectivity index (χ2v) is 8.70. The van der Waals surface area contributed by atoms with Gasteiger partial charge in [0.2, 0.25) is 0 Å². The second-order valence-electron chi connectivity index (χ2n) is 8.29.